The Balaban J connectivity index is 1.82. The number of nitro groups is 1. The minimum Gasteiger partial charge on any atom is -0.381 e. The topological polar surface area (TPSA) is 76.4 Å². The van der Waals surface area contributed by atoms with Gasteiger partial charge in [0.15, 0.2) is 0 Å². The van der Waals surface area contributed by atoms with Crippen LogP contribution in [0.4, 0.5) is 17.1 Å². The highest BCUT2D eigenvalue weighted by Gasteiger charge is 2.21. The van der Waals surface area contributed by atoms with Gasteiger partial charge in [-0.25, -0.2) is 0 Å². The van der Waals surface area contributed by atoms with Crippen molar-refractivity contribution in [2.24, 2.45) is 5.92 Å². The molecule has 0 saturated heterocycles. The number of para-hydroxylation sites is 1. The van der Waals surface area contributed by atoms with E-state index in [1.165, 1.54) is 12.8 Å². The SMILES string of the molecule is CCNc1cccc(NCCCOCC2CC2)c1[N+](=O)[O-]. The first-order chi connectivity index (χ1) is 10.2. The lowest BCUT2D eigenvalue weighted by Crippen LogP contribution is -2.09. The fraction of sp³-hybridized carbons (Fsp3) is 0.600. The highest BCUT2D eigenvalue weighted by atomic mass is 16.6. The third kappa shape index (κ3) is 4.90. The van der Waals surface area contributed by atoms with Crippen molar-refractivity contribution in [1.82, 2.24) is 0 Å². The predicted molar refractivity (Wildman–Crippen MR) is 83.9 cm³/mol. The third-order valence-electron chi connectivity index (χ3n) is 3.42. The molecule has 0 unspecified atom stereocenters. The number of nitrogens with one attached hydrogen (secondary N) is 2. The van der Waals surface area contributed by atoms with Crippen LogP contribution >= 0.6 is 0 Å². The Morgan fingerprint density at radius 1 is 1.33 bits per heavy atom. The Bertz CT molecular complexity index is 475. The zero-order chi connectivity index (χ0) is 15.1. The Morgan fingerprint density at radius 3 is 2.67 bits per heavy atom. The van der Waals surface area contributed by atoms with E-state index < -0.39 is 0 Å². The fourth-order valence-corrected chi connectivity index (χ4v) is 2.15. The van der Waals surface area contributed by atoms with E-state index in [0.717, 1.165) is 18.9 Å². The maximum absolute atomic E-state index is 11.2. The summed E-state index contributed by atoms with van der Waals surface area (Å²) in [5, 5.41) is 17.4. The number of nitrogens with zero attached hydrogens (tertiary/aromatic N) is 1. The standard InChI is InChI=1S/C15H23N3O3/c1-2-16-13-5-3-6-14(15(13)18(19)20)17-9-4-10-21-11-12-7-8-12/h3,5-6,12,16-17H,2,4,7-11H2,1H3. The number of rotatable bonds is 10. The summed E-state index contributed by atoms with van der Waals surface area (Å²) in [6.07, 6.45) is 3.43. The van der Waals surface area contributed by atoms with E-state index in [1.807, 2.05) is 13.0 Å². The number of ether oxygens (including phenoxy) is 1. The van der Waals surface area contributed by atoms with Gasteiger partial charge in [-0.2, -0.15) is 0 Å². The van der Waals surface area contributed by atoms with Gasteiger partial charge in [-0.05, 0) is 44.2 Å². The van der Waals surface area contributed by atoms with Crippen LogP contribution < -0.4 is 10.6 Å². The lowest BCUT2D eigenvalue weighted by molar-refractivity contribution is -0.383. The summed E-state index contributed by atoms with van der Waals surface area (Å²) < 4.78 is 5.55. The molecule has 0 heterocycles. The van der Waals surface area contributed by atoms with Crippen molar-refractivity contribution in [3.05, 3.63) is 28.3 Å². The predicted octanol–water partition coefficient (Wildman–Crippen LogP) is 3.26. The van der Waals surface area contributed by atoms with Crippen LogP contribution in [-0.4, -0.2) is 31.2 Å². The number of hydrogen-bond donors (Lipinski definition) is 2. The smallest absolute Gasteiger partial charge is 0.315 e. The Hall–Kier alpha value is -1.82. The van der Waals surface area contributed by atoms with Gasteiger partial charge < -0.3 is 15.4 Å². The summed E-state index contributed by atoms with van der Waals surface area (Å²) in [6.45, 7) is 4.79. The van der Waals surface area contributed by atoms with Gasteiger partial charge in [0.2, 0.25) is 0 Å². The maximum Gasteiger partial charge on any atom is 0.315 e. The lowest BCUT2D eigenvalue weighted by atomic mass is 10.2. The van der Waals surface area contributed by atoms with E-state index >= 15 is 0 Å². The molecule has 0 bridgehead atoms. The van der Waals surface area contributed by atoms with Gasteiger partial charge in [-0.15, -0.1) is 0 Å². The molecule has 2 N–H and O–H groups in total. The number of hydrogen-bond acceptors (Lipinski definition) is 5. The third-order valence-corrected chi connectivity index (χ3v) is 3.42. The van der Waals surface area contributed by atoms with Crippen LogP contribution in [0, 0.1) is 16.0 Å². The number of benzene rings is 1. The molecule has 6 heteroatoms. The molecule has 6 nitrogen and oxygen atoms in total. The normalized spacial score (nSPS) is 14.0. The Morgan fingerprint density at radius 2 is 2.05 bits per heavy atom. The minimum absolute atomic E-state index is 0.109. The second-order valence-corrected chi connectivity index (χ2v) is 5.29. The zero-order valence-corrected chi connectivity index (χ0v) is 12.4. The molecule has 21 heavy (non-hydrogen) atoms. The van der Waals surface area contributed by atoms with Crippen LogP contribution in [-0.2, 0) is 4.74 Å². The van der Waals surface area contributed by atoms with Crippen LogP contribution in [0.15, 0.2) is 18.2 Å². The molecule has 1 aromatic rings. The number of anilines is 2. The van der Waals surface area contributed by atoms with Crippen molar-refractivity contribution >= 4 is 17.1 Å². The lowest BCUT2D eigenvalue weighted by Gasteiger charge is -2.11. The first-order valence-corrected chi connectivity index (χ1v) is 7.55. The Kier molecular flexibility index (Phi) is 5.80. The van der Waals surface area contributed by atoms with E-state index in [9.17, 15) is 10.1 Å². The van der Waals surface area contributed by atoms with Gasteiger partial charge in [0, 0.05) is 26.3 Å². The molecule has 1 fully saturated rings. The molecule has 1 saturated carbocycles. The molecule has 116 valence electrons. The van der Waals surface area contributed by atoms with E-state index in [-0.39, 0.29) is 10.6 Å². The molecule has 0 aliphatic heterocycles. The second kappa shape index (κ2) is 7.83. The largest absolute Gasteiger partial charge is 0.381 e. The second-order valence-electron chi connectivity index (χ2n) is 5.29. The molecule has 0 aromatic heterocycles. The highest BCUT2D eigenvalue weighted by Crippen LogP contribution is 2.32. The quantitative estimate of drug-likeness (QED) is 0.393. The van der Waals surface area contributed by atoms with Crippen molar-refractivity contribution in [1.29, 1.82) is 0 Å². The maximum atomic E-state index is 11.2. The van der Waals surface area contributed by atoms with Crippen LogP contribution in [0.3, 0.4) is 0 Å². The van der Waals surface area contributed by atoms with Crippen molar-refractivity contribution in [3.8, 4) is 0 Å². The summed E-state index contributed by atoms with van der Waals surface area (Å²) in [6, 6.07) is 5.28. The molecule has 2 rings (SSSR count). The van der Waals surface area contributed by atoms with Gasteiger partial charge in [-0.3, -0.25) is 10.1 Å². The van der Waals surface area contributed by atoms with Gasteiger partial charge in [0.1, 0.15) is 11.4 Å². The van der Waals surface area contributed by atoms with Crippen molar-refractivity contribution in [2.75, 3.05) is 36.9 Å². The molecule has 1 aromatic carbocycles. The zero-order valence-electron chi connectivity index (χ0n) is 12.4. The number of nitro benzene ring substituents is 1. The van der Waals surface area contributed by atoms with E-state index in [1.54, 1.807) is 12.1 Å². The van der Waals surface area contributed by atoms with E-state index in [4.69, 9.17) is 4.74 Å². The molecule has 1 aliphatic rings. The van der Waals surface area contributed by atoms with Gasteiger partial charge >= 0.3 is 5.69 Å². The van der Waals surface area contributed by atoms with Crippen LogP contribution in [0.1, 0.15) is 26.2 Å². The van der Waals surface area contributed by atoms with Gasteiger partial charge in [-0.1, -0.05) is 6.07 Å². The average Bonchev–Trinajstić information content (AvgIpc) is 3.27. The summed E-state index contributed by atoms with van der Waals surface area (Å²) in [7, 11) is 0. The molecule has 0 amide bonds. The first kappa shape index (κ1) is 15.6. The van der Waals surface area contributed by atoms with Crippen LogP contribution in [0.2, 0.25) is 0 Å². The molecule has 0 radical (unpaired) electrons. The summed E-state index contributed by atoms with van der Waals surface area (Å²) in [4.78, 5) is 10.9. The summed E-state index contributed by atoms with van der Waals surface area (Å²) >= 11 is 0. The van der Waals surface area contributed by atoms with Crippen LogP contribution in [0.5, 0.6) is 0 Å². The van der Waals surface area contributed by atoms with Gasteiger partial charge in [0.25, 0.3) is 0 Å². The molecular weight excluding hydrogens is 270 g/mol. The van der Waals surface area contributed by atoms with Crippen molar-refractivity contribution in [3.63, 3.8) is 0 Å². The van der Waals surface area contributed by atoms with Gasteiger partial charge in [0.05, 0.1) is 4.92 Å². The molecule has 1 aliphatic carbocycles. The molecule has 0 spiro atoms. The Labute approximate surface area is 125 Å². The van der Waals surface area contributed by atoms with Crippen molar-refractivity contribution < 1.29 is 9.66 Å². The monoisotopic (exact) mass is 293 g/mol. The molecular formula is C15H23N3O3. The van der Waals surface area contributed by atoms with E-state index in [2.05, 4.69) is 10.6 Å². The van der Waals surface area contributed by atoms with Crippen molar-refractivity contribution in [2.45, 2.75) is 26.2 Å². The minimum atomic E-state index is -0.343. The first-order valence-electron chi connectivity index (χ1n) is 7.55. The molecule has 0 atom stereocenters. The van der Waals surface area contributed by atoms with E-state index in [0.29, 0.717) is 31.1 Å². The highest BCUT2D eigenvalue weighted by molar-refractivity contribution is 5.76. The summed E-state index contributed by atoms with van der Waals surface area (Å²) in [5.74, 6) is 0.774. The average molecular weight is 293 g/mol. The van der Waals surface area contributed by atoms with Crippen LogP contribution in [0.25, 0.3) is 0 Å². The summed E-state index contributed by atoms with van der Waals surface area (Å²) in [5.41, 5.74) is 1.22. The fourth-order valence-electron chi connectivity index (χ4n) is 2.15.